The van der Waals surface area contributed by atoms with Crippen molar-refractivity contribution < 1.29 is 0 Å². The van der Waals surface area contributed by atoms with Crippen molar-refractivity contribution in [1.82, 2.24) is 4.90 Å². The highest BCUT2D eigenvalue weighted by Crippen LogP contribution is 2.29. The molecule has 0 aliphatic heterocycles. The van der Waals surface area contributed by atoms with Gasteiger partial charge in [-0.2, -0.15) is 0 Å². The van der Waals surface area contributed by atoms with Crippen LogP contribution in [0.3, 0.4) is 0 Å². The first-order valence-corrected chi connectivity index (χ1v) is 9.22. The highest BCUT2D eigenvalue weighted by atomic mass is 15.1. The predicted molar refractivity (Wildman–Crippen MR) is 104 cm³/mol. The molecule has 1 nitrogen and oxygen atoms in total. The van der Waals surface area contributed by atoms with Gasteiger partial charge in [-0.3, -0.25) is 0 Å². The van der Waals surface area contributed by atoms with Gasteiger partial charge in [0.1, 0.15) is 0 Å². The van der Waals surface area contributed by atoms with E-state index < -0.39 is 0 Å². The molecule has 2 aromatic rings. The molecule has 1 heteroatoms. The summed E-state index contributed by atoms with van der Waals surface area (Å²) in [5.41, 5.74) is 5.83. The minimum absolute atomic E-state index is 0.635. The van der Waals surface area contributed by atoms with Gasteiger partial charge >= 0.3 is 0 Å². The minimum Gasteiger partial charge on any atom is -0.303 e. The normalized spacial score (nSPS) is 19.3. The van der Waals surface area contributed by atoms with Gasteiger partial charge in [0.2, 0.25) is 0 Å². The Morgan fingerprint density at radius 1 is 0.917 bits per heavy atom. The van der Waals surface area contributed by atoms with Gasteiger partial charge in [0.25, 0.3) is 0 Å². The summed E-state index contributed by atoms with van der Waals surface area (Å²) < 4.78 is 0. The molecule has 0 N–H and O–H groups in total. The van der Waals surface area contributed by atoms with E-state index in [1.807, 2.05) is 0 Å². The van der Waals surface area contributed by atoms with Crippen LogP contribution < -0.4 is 0 Å². The summed E-state index contributed by atoms with van der Waals surface area (Å²) in [6.45, 7) is 0. The molecule has 1 aliphatic carbocycles. The van der Waals surface area contributed by atoms with Crippen molar-refractivity contribution in [3.63, 3.8) is 0 Å². The van der Waals surface area contributed by atoms with Crippen LogP contribution in [0.2, 0.25) is 0 Å². The fourth-order valence-corrected chi connectivity index (χ4v) is 3.75. The van der Waals surface area contributed by atoms with Crippen LogP contribution >= 0.6 is 0 Å². The van der Waals surface area contributed by atoms with Crippen LogP contribution in [0, 0.1) is 0 Å². The lowest BCUT2D eigenvalue weighted by atomic mass is 10.0. The van der Waals surface area contributed by atoms with E-state index in [-0.39, 0.29) is 0 Å². The number of likely N-dealkylation sites (N-methyl/N-ethyl adjacent to an activating group) is 1. The largest absolute Gasteiger partial charge is 0.303 e. The topological polar surface area (TPSA) is 3.24 Å². The summed E-state index contributed by atoms with van der Waals surface area (Å²) in [5.74, 6) is 0. The maximum atomic E-state index is 2.41. The molecule has 0 spiro atoms. The second-order valence-electron chi connectivity index (χ2n) is 7.17. The van der Waals surface area contributed by atoms with Crippen LogP contribution in [0.1, 0.15) is 42.4 Å². The van der Waals surface area contributed by atoms with Crippen LogP contribution in [-0.4, -0.2) is 25.0 Å². The highest BCUT2D eigenvalue weighted by Gasteiger charge is 2.22. The van der Waals surface area contributed by atoms with E-state index in [9.17, 15) is 0 Å². The maximum absolute atomic E-state index is 2.41. The molecule has 126 valence electrons. The first kappa shape index (κ1) is 17.0. The van der Waals surface area contributed by atoms with Gasteiger partial charge in [-0.25, -0.2) is 0 Å². The molecule has 2 aromatic carbocycles. The average molecular weight is 319 g/mol. The standard InChI is InChI=1S/C23H29N/c1-24(2)23-13-7-12-22(23)18-21-16-14-20(15-17-21)11-6-10-19-8-4-3-5-9-19/h3-5,8-9,14-18,23H,6-7,10-13H2,1-2H3/b22-18-. The average Bonchev–Trinajstić information content (AvgIpc) is 3.06. The molecule has 1 saturated carbocycles. The molecular formula is C23H29N. The van der Waals surface area contributed by atoms with Gasteiger partial charge in [0.15, 0.2) is 0 Å². The Kier molecular flexibility index (Phi) is 5.87. The van der Waals surface area contributed by atoms with Crippen LogP contribution in [0.4, 0.5) is 0 Å². The van der Waals surface area contributed by atoms with E-state index in [1.165, 1.54) is 42.4 Å². The highest BCUT2D eigenvalue weighted by molar-refractivity contribution is 5.55. The molecule has 0 radical (unpaired) electrons. The Labute approximate surface area is 147 Å². The first-order chi connectivity index (χ1) is 11.7. The van der Waals surface area contributed by atoms with Crippen LogP contribution in [0.25, 0.3) is 6.08 Å². The third-order valence-electron chi connectivity index (χ3n) is 5.10. The third kappa shape index (κ3) is 4.58. The number of hydrogen-bond donors (Lipinski definition) is 0. The monoisotopic (exact) mass is 319 g/mol. The van der Waals surface area contributed by atoms with Gasteiger partial charge in [0.05, 0.1) is 0 Å². The van der Waals surface area contributed by atoms with Crippen LogP contribution in [0.5, 0.6) is 0 Å². The molecular weight excluding hydrogens is 290 g/mol. The second kappa shape index (κ2) is 8.30. The Morgan fingerprint density at radius 3 is 2.25 bits per heavy atom. The number of benzene rings is 2. The zero-order chi connectivity index (χ0) is 16.8. The zero-order valence-corrected chi connectivity index (χ0v) is 15.0. The van der Waals surface area contributed by atoms with Crippen LogP contribution in [0.15, 0.2) is 60.2 Å². The summed E-state index contributed by atoms with van der Waals surface area (Å²) in [6, 6.07) is 20.6. The first-order valence-electron chi connectivity index (χ1n) is 9.22. The molecule has 1 unspecified atom stereocenters. The van der Waals surface area contributed by atoms with E-state index in [0.717, 1.165) is 12.8 Å². The van der Waals surface area contributed by atoms with Crippen molar-refractivity contribution in [1.29, 1.82) is 0 Å². The quantitative estimate of drug-likeness (QED) is 0.693. The van der Waals surface area contributed by atoms with E-state index >= 15 is 0 Å². The fourth-order valence-electron chi connectivity index (χ4n) is 3.75. The minimum atomic E-state index is 0.635. The summed E-state index contributed by atoms with van der Waals surface area (Å²) in [5, 5.41) is 0. The lowest BCUT2D eigenvalue weighted by molar-refractivity contribution is 0.336. The van der Waals surface area contributed by atoms with E-state index in [4.69, 9.17) is 0 Å². The summed E-state index contributed by atoms with van der Waals surface area (Å²) in [6.07, 6.45) is 9.83. The number of hydrogen-bond acceptors (Lipinski definition) is 1. The molecule has 1 fully saturated rings. The number of aryl methyl sites for hydroxylation is 2. The Hall–Kier alpha value is -1.86. The number of rotatable bonds is 6. The second-order valence-corrected chi connectivity index (χ2v) is 7.17. The van der Waals surface area contributed by atoms with Crippen molar-refractivity contribution in [2.45, 2.75) is 44.6 Å². The lowest BCUT2D eigenvalue weighted by Gasteiger charge is -2.20. The molecule has 0 aromatic heterocycles. The molecule has 0 bridgehead atoms. The molecule has 1 aliphatic rings. The molecule has 3 rings (SSSR count). The summed E-state index contributed by atoms with van der Waals surface area (Å²) in [7, 11) is 4.39. The van der Waals surface area contributed by atoms with Gasteiger partial charge < -0.3 is 4.90 Å². The van der Waals surface area contributed by atoms with Crippen LogP contribution in [-0.2, 0) is 12.8 Å². The van der Waals surface area contributed by atoms with Gasteiger partial charge in [-0.1, -0.05) is 66.2 Å². The van der Waals surface area contributed by atoms with Crippen molar-refractivity contribution in [2.75, 3.05) is 14.1 Å². The Balaban J connectivity index is 1.55. The summed E-state index contributed by atoms with van der Waals surface area (Å²) >= 11 is 0. The van der Waals surface area contributed by atoms with Crippen molar-refractivity contribution in [2.24, 2.45) is 0 Å². The molecule has 24 heavy (non-hydrogen) atoms. The zero-order valence-electron chi connectivity index (χ0n) is 15.0. The predicted octanol–water partition coefficient (Wildman–Crippen LogP) is 5.36. The lowest BCUT2D eigenvalue weighted by Crippen LogP contribution is -2.26. The smallest absolute Gasteiger partial charge is 0.0304 e. The molecule has 0 heterocycles. The SMILES string of the molecule is CN(C)C1CCC/C1=C/c1ccc(CCCc2ccccc2)cc1. The Bertz CT molecular complexity index is 652. The van der Waals surface area contributed by atoms with Crippen molar-refractivity contribution >= 4 is 6.08 Å². The third-order valence-corrected chi connectivity index (χ3v) is 5.10. The van der Waals surface area contributed by atoms with Crippen molar-refractivity contribution in [3.05, 3.63) is 76.9 Å². The summed E-state index contributed by atoms with van der Waals surface area (Å²) in [4.78, 5) is 2.36. The van der Waals surface area contributed by atoms with Gasteiger partial charge in [-0.15, -0.1) is 0 Å². The van der Waals surface area contributed by atoms with Gasteiger partial charge in [-0.05, 0) is 69.3 Å². The Morgan fingerprint density at radius 2 is 1.58 bits per heavy atom. The van der Waals surface area contributed by atoms with Gasteiger partial charge in [0, 0.05) is 6.04 Å². The molecule has 1 atom stereocenters. The van der Waals surface area contributed by atoms with E-state index in [1.54, 1.807) is 5.57 Å². The van der Waals surface area contributed by atoms with E-state index in [0.29, 0.717) is 6.04 Å². The van der Waals surface area contributed by atoms with E-state index in [2.05, 4.69) is 79.7 Å². The maximum Gasteiger partial charge on any atom is 0.0304 e. The molecule has 0 saturated heterocycles. The molecule has 0 amide bonds. The van der Waals surface area contributed by atoms with Crippen molar-refractivity contribution in [3.8, 4) is 0 Å². The number of nitrogens with zero attached hydrogens (tertiary/aromatic N) is 1. The fraction of sp³-hybridized carbons (Fsp3) is 0.391.